The highest BCUT2D eigenvalue weighted by atomic mass is 15.5. The second kappa shape index (κ2) is 5.08. The fourth-order valence-electron chi connectivity index (χ4n) is 2.31. The summed E-state index contributed by atoms with van der Waals surface area (Å²) in [5.74, 6) is 1.83. The van der Waals surface area contributed by atoms with Crippen molar-refractivity contribution >= 4 is 0 Å². The lowest BCUT2D eigenvalue weighted by Gasteiger charge is -2.20. The molecule has 0 spiro atoms. The number of rotatable bonds is 4. The Morgan fingerprint density at radius 3 is 2.79 bits per heavy atom. The molecule has 2 rings (SSSR count). The van der Waals surface area contributed by atoms with Gasteiger partial charge in [0.25, 0.3) is 0 Å². The van der Waals surface area contributed by atoms with Crippen molar-refractivity contribution in [3.05, 3.63) is 5.82 Å². The molecule has 0 atom stereocenters. The Morgan fingerprint density at radius 1 is 1.21 bits per heavy atom. The largest absolute Gasteiger partial charge is 0.177 e. The summed E-state index contributed by atoms with van der Waals surface area (Å²) < 4.78 is 0. The predicted octanol–water partition coefficient (Wildman–Crippen LogP) is 2.10. The van der Waals surface area contributed by atoms with E-state index < -0.39 is 0 Å². The molecule has 4 heteroatoms. The van der Waals surface area contributed by atoms with Gasteiger partial charge in [-0.15, -0.1) is 10.2 Å². The first-order valence-corrected chi connectivity index (χ1v) is 5.67. The summed E-state index contributed by atoms with van der Waals surface area (Å²) in [5, 5.41) is 13.9. The van der Waals surface area contributed by atoms with E-state index in [2.05, 4.69) is 20.6 Å². The highest BCUT2D eigenvalue weighted by Gasteiger charge is 2.12. The van der Waals surface area contributed by atoms with E-state index in [9.17, 15) is 0 Å². The van der Waals surface area contributed by atoms with Crippen LogP contribution in [-0.4, -0.2) is 20.6 Å². The van der Waals surface area contributed by atoms with Crippen molar-refractivity contribution in [3.63, 3.8) is 0 Å². The minimum Gasteiger partial charge on any atom is -0.177 e. The van der Waals surface area contributed by atoms with Gasteiger partial charge < -0.3 is 0 Å². The first-order chi connectivity index (χ1) is 6.95. The van der Waals surface area contributed by atoms with Gasteiger partial charge in [-0.05, 0) is 12.3 Å². The maximum absolute atomic E-state index is 3.95. The second-order valence-corrected chi connectivity index (χ2v) is 4.22. The fraction of sp³-hybridized carbons (Fsp3) is 0.900. The van der Waals surface area contributed by atoms with Gasteiger partial charge >= 0.3 is 0 Å². The van der Waals surface area contributed by atoms with Crippen molar-refractivity contribution < 1.29 is 0 Å². The minimum atomic E-state index is 0.862. The second-order valence-electron chi connectivity index (χ2n) is 4.22. The summed E-state index contributed by atoms with van der Waals surface area (Å²) in [6, 6.07) is 0. The van der Waals surface area contributed by atoms with E-state index in [1.54, 1.807) is 0 Å². The molecular formula is C10H18N4. The highest BCUT2D eigenvalue weighted by Crippen LogP contribution is 2.27. The zero-order valence-corrected chi connectivity index (χ0v) is 8.58. The molecule has 0 amide bonds. The van der Waals surface area contributed by atoms with E-state index >= 15 is 0 Å². The Kier molecular flexibility index (Phi) is 3.49. The monoisotopic (exact) mass is 194 g/mol. The fourth-order valence-corrected chi connectivity index (χ4v) is 2.31. The standard InChI is InChI=1S/C10H18N4/c1-2-5-9(6-3-1)7-4-8-10-11-13-14-12-10/h9H,1-8H2,(H,11,12,13,14). The Morgan fingerprint density at radius 2 is 2.07 bits per heavy atom. The average Bonchev–Trinajstić information content (AvgIpc) is 2.72. The van der Waals surface area contributed by atoms with Gasteiger partial charge in [0, 0.05) is 6.42 Å². The molecule has 1 heterocycles. The summed E-state index contributed by atoms with van der Waals surface area (Å²) in [6.07, 6.45) is 10.7. The number of hydrogen-bond donors (Lipinski definition) is 1. The van der Waals surface area contributed by atoms with E-state index in [1.807, 2.05) is 0 Å². The summed E-state index contributed by atoms with van der Waals surface area (Å²) >= 11 is 0. The van der Waals surface area contributed by atoms with Crippen LogP contribution in [0.25, 0.3) is 0 Å². The van der Waals surface area contributed by atoms with Crippen LogP contribution in [0.15, 0.2) is 0 Å². The quantitative estimate of drug-likeness (QED) is 0.798. The van der Waals surface area contributed by atoms with Crippen LogP contribution in [0.5, 0.6) is 0 Å². The van der Waals surface area contributed by atoms with Gasteiger partial charge in [-0.2, -0.15) is 5.21 Å². The number of aryl methyl sites for hydroxylation is 1. The Bertz CT molecular complexity index is 239. The Hall–Kier alpha value is -0.930. The third-order valence-electron chi connectivity index (χ3n) is 3.13. The van der Waals surface area contributed by atoms with Gasteiger partial charge in [-0.3, -0.25) is 0 Å². The Balaban J connectivity index is 1.62. The van der Waals surface area contributed by atoms with Gasteiger partial charge in [-0.25, -0.2) is 0 Å². The van der Waals surface area contributed by atoms with Gasteiger partial charge in [0.15, 0.2) is 5.82 Å². The summed E-state index contributed by atoms with van der Waals surface area (Å²) in [4.78, 5) is 0. The minimum absolute atomic E-state index is 0.862. The topological polar surface area (TPSA) is 54.5 Å². The third kappa shape index (κ3) is 2.79. The van der Waals surface area contributed by atoms with Crippen molar-refractivity contribution in [2.75, 3.05) is 0 Å². The highest BCUT2D eigenvalue weighted by molar-refractivity contribution is 4.76. The lowest BCUT2D eigenvalue weighted by Crippen LogP contribution is -2.06. The van der Waals surface area contributed by atoms with Gasteiger partial charge in [0.2, 0.25) is 0 Å². The van der Waals surface area contributed by atoms with Crippen molar-refractivity contribution in [3.8, 4) is 0 Å². The molecule has 1 N–H and O–H groups in total. The average molecular weight is 194 g/mol. The van der Waals surface area contributed by atoms with Crippen LogP contribution in [0.3, 0.4) is 0 Å². The molecule has 78 valence electrons. The molecule has 1 aromatic rings. The van der Waals surface area contributed by atoms with Crippen LogP contribution < -0.4 is 0 Å². The van der Waals surface area contributed by atoms with E-state index in [1.165, 1.54) is 44.9 Å². The normalized spacial score (nSPS) is 18.6. The van der Waals surface area contributed by atoms with Crippen molar-refractivity contribution in [1.82, 2.24) is 20.6 Å². The number of hydrogen-bond acceptors (Lipinski definition) is 3. The summed E-state index contributed by atoms with van der Waals surface area (Å²) in [7, 11) is 0. The van der Waals surface area contributed by atoms with Crippen molar-refractivity contribution in [2.45, 2.75) is 51.4 Å². The summed E-state index contributed by atoms with van der Waals surface area (Å²) in [5.41, 5.74) is 0. The zero-order valence-electron chi connectivity index (χ0n) is 8.58. The first-order valence-electron chi connectivity index (χ1n) is 5.67. The van der Waals surface area contributed by atoms with Gasteiger partial charge in [0.05, 0.1) is 0 Å². The molecule has 4 nitrogen and oxygen atoms in total. The van der Waals surface area contributed by atoms with Crippen LogP contribution in [0.1, 0.15) is 50.8 Å². The zero-order chi connectivity index (χ0) is 9.64. The van der Waals surface area contributed by atoms with Crippen LogP contribution in [-0.2, 0) is 6.42 Å². The number of nitrogens with zero attached hydrogens (tertiary/aromatic N) is 3. The lowest BCUT2D eigenvalue weighted by molar-refractivity contribution is 0.332. The third-order valence-corrected chi connectivity index (χ3v) is 3.13. The van der Waals surface area contributed by atoms with Crippen LogP contribution in [0.2, 0.25) is 0 Å². The molecular weight excluding hydrogens is 176 g/mol. The molecule has 0 saturated heterocycles. The summed E-state index contributed by atoms with van der Waals surface area (Å²) in [6.45, 7) is 0. The van der Waals surface area contributed by atoms with E-state index in [-0.39, 0.29) is 0 Å². The number of tetrazole rings is 1. The van der Waals surface area contributed by atoms with E-state index in [0.717, 1.165) is 18.2 Å². The smallest absolute Gasteiger partial charge is 0.174 e. The molecule has 1 aliphatic carbocycles. The first kappa shape index (κ1) is 9.62. The SMILES string of the molecule is C1CCC(CCCc2nn[nH]n2)CC1. The molecule has 14 heavy (non-hydrogen) atoms. The molecule has 0 unspecified atom stereocenters. The predicted molar refractivity (Wildman–Crippen MR) is 53.7 cm³/mol. The molecule has 0 radical (unpaired) electrons. The number of nitrogens with one attached hydrogen (secondary N) is 1. The molecule has 0 bridgehead atoms. The molecule has 1 saturated carbocycles. The van der Waals surface area contributed by atoms with Gasteiger partial charge in [0.1, 0.15) is 0 Å². The Labute approximate surface area is 84.5 Å². The van der Waals surface area contributed by atoms with E-state index in [0.29, 0.717) is 0 Å². The van der Waals surface area contributed by atoms with Crippen molar-refractivity contribution in [2.24, 2.45) is 5.92 Å². The molecule has 0 aromatic carbocycles. The lowest BCUT2D eigenvalue weighted by atomic mass is 9.86. The molecule has 1 aliphatic rings. The molecule has 1 fully saturated rings. The van der Waals surface area contributed by atoms with Crippen LogP contribution >= 0.6 is 0 Å². The van der Waals surface area contributed by atoms with E-state index in [4.69, 9.17) is 0 Å². The maximum Gasteiger partial charge on any atom is 0.174 e. The number of H-pyrrole nitrogens is 1. The molecule has 1 aromatic heterocycles. The number of aromatic amines is 1. The van der Waals surface area contributed by atoms with Crippen molar-refractivity contribution in [1.29, 1.82) is 0 Å². The maximum atomic E-state index is 3.95. The van der Waals surface area contributed by atoms with Crippen LogP contribution in [0, 0.1) is 5.92 Å². The van der Waals surface area contributed by atoms with Crippen LogP contribution in [0.4, 0.5) is 0 Å². The van der Waals surface area contributed by atoms with Gasteiger partial charge in [-0.1, -0.05) is 43.7 Å². The molecule has 0 aliphatic heterocycles. The number of aromatic nitrogens is 4.